The van der Waals surface area contributed by atoms with Gasteiger partial charge in [0.25, 0.3) is 0 Å². The molecule has 0 bridgehead atoms. The molecule has 0 radical (unpaired) electrons. The molecule has 3 heterocycles. The molecule has 0 saturated carbocycles. The molecule has 2 amide bonds. The largest absolute Gasteiger partial charge is 0.433 e. The SMILES string of the molecule is C[C@]12CCC(=O)N1[C@H](C(=O)Nc1cccc(C(F)(F)F)n1)CS2. The molecule has 1 aromatic rings. The number of anilines is 1. The summed E-state index contributed by atoms with van der Waals surface area (Å²) in [6, 6.07) is 2.62. The van der Waals surface area contributed by atoms with E-state index < -0.39 is 28.7 Å². The number of pyridine rings is 1. The Bertz CT molecular complexity index is 667. The number of hydrogen-bond donors (Lipinski definition) is 1. The topological polar surface area (TPSA) is 62.3 Å². The van der Waals surface area contributed by atoms with Gasteiger partial charge in [-0.25, -0.2) is 4.98 Å². The Morgan fingerprint density at radius 2 is 2.22 bits per heavy atom. The van der Waals surface area contributed by atoms with Crippen molar-refractivity contribution in [3.63, 3.8) is 0 Å². The maximum Gasteiger partial charge on any atom is 0.433 e. The molecule has 2 aliphatic rings. The number of nitrogens with one attached hydrogen (secondary N) is 1. The Balaban J connectivity index is 1.77. The first-order valence-electron chi connectivity index (χ1n) is 7.02. The van der Waals surface area contributed by atoms with Gasteiger partial charge < -0.3 is 10.2 Å². The van der Waals surface area contributed by atoms with Gasteiger partial charge in [-0.1, -0.05) is 6.07 Å². The first-order valence-corrected chi connectivity index (χ1v) is 8.00. The Morgan fingerprint density at radius 1 is 1.48 bits per heavy atom. The summed E-state index contributed by atoms with van der Waals surface area (Å²) in [4.78, 5) is 28.9. The number of fused-ring (bicyclic) bond motifs is 1. The van der Waals surface area contributed by atoms with Gasteiger partial charge in [0, 0.05) is 12.2 Å². The van der Waals surface area contributed by atoms with E-state index in [0.29, 0.717) is 18.6 Å². The lowest BCUT2D eigenvalue weighted by Gasteiger charge is -2.29. The predicted molar refractivity (Wildman–Crippen MR) is 78.6 cm³/mol. The molecule has 1 aromatic heterocycles. The van der Waals surface area contributed by atoms with Gasteiger partial charge in [0.05, 0.1) is 4.87 Å². The summed E-state index contributed by atoms with van der Waals surface area (Å²) >= 11 is 1.52. The van der Waals surface area contributed by atoms with E-state index in [1.807, 2.05) is 6.92 Å². The van der Waals surface area contributed by atoms with E-state index in [9.17, 15) is 22.8 Å². The highest BCUT2D eigenvalue weighted by Gasteiger charge is 2.52. The summed E-state index contributed by atoms with van der Waals surface area (Å²) in [5.74, 6) is -0.361. The van der Waals surface area contributed by atoms with E-state index in [1.165, 1.54) is 23.9 Å². The number of amides is 2. The Labute approximate surface area is 134 Å². The summed E-state index contributed by atoms with van der Waals surface area (Å²) in [6.45, 7) is 1.90. The summed E-state index contributed by atoms with van der Waals surface area (Å²) < 4.78 is 38.0. The van der Waals surface area contributed by atoms with E-state index in [0.717, 1.165) is 6.07 Å². The standard InChI is InChI=1S/C14H14F3N3O2S/c1-13-6-5-11(21)20(13)8(7-23-13)12(22)19-10-4-2-3-9(18-10)14(15,16)17/h2-4,8H,5-7H2,1H3,(H,18,19,22)/t8-,13-/m0/s1. The molecule has 9 heteroatoms. The second kappa shape index (κ2) is 5.40. The highest BCUT2D eigenvalue weighted by atomic mass is 32.2. The van der Waals surface area contributed by atoms with Crippen LogP contribution in [0.15, 0.2) is 18.2 Å². The molecule has 1 N–H and O–H groups in total. The van der Waals surface area contributed by atoms with E-state index in [2.05, 4.69) is 10.3 Å². The van der Waals surface area contributed by atoms with Gasteiger partial charge >= 0.3 is 6.18 Å². The van der Waals surface area contributed by atoms with Gasteiger partial charge in [0.15, 0.2) is 0 Å². The van der Waals surface area contributed by atoms with Crippen molar-refractivity contribution < 1.29 is 22.8 Å². The molecule has 0 aromatic carbocycles. The lowest BCUT2D eigenvalue weighted by atomic mass is 10.2. The second-order valence-electron chi connectivity index (χ2n) is 5.66. The molecule has 0 spiro atoms. The highest BCUT2D eigenvalue weighted by molar-refractivity contribution is 8.01. The maximum absolute atomic E-state index is 12.7. The van der Waals surface area contributed by atoms with Crippen molar-refractivity contribution in [1.29, 1.82) is 0 Å². The van der Waals surface area contributed by atoms with Gasteiger partial charge in [0.1, 0.15) is 17.6 Å². The zero-order valence-electron chi connectivity index (χ0n) is 12.2. The van der Waals surface area contributed by atoms with Crippen LogP contribution in [0, 0.1) is 0 Å². The van der Waals surface area contributed by atoms with Crippen molar-refractivity contribution in [3.05, 3.63) is 23.9 Å². The van der Waals surface area contributed by atoms with Crippen LogP contribution in [0.5, 0.6) is 0 Å². The second-order valence-corrected chi connectivity index (χ2v) is 7.16. The van der Waals surface area contributed by atoms with Gasteiger partial charge in [-0.15, -0.1) is 11.8 Å². The zero-order valence-corrected chi connectivity index (χ0v) is 13.0. The highest BCUT2D eigenvalue weighted by Crippen LogP contribution is 2.47. The normalized spacial score (nSPS) is 27.2. The average Bonchev–Trinajstić information content (AvgIpc) is 2.95. The van der Waals surface area contributed by atoms with Crippen LogP contribution in [0.3, 0.4) is 0 Å². The van der Waals surface area contributed by atoms with E-state index in [4.69, 9.17) is 0 Å². The van der Waals surface area contributed by atoms with Crippen molar-refractivity contribution >= 4 is 29.4 Å². The summed E-state index contributed by atoms with van der Waals surface area (Å²) in [5, 5.41) is 2.39. The van der Waals surface area contributed by atoms with Crippen LogP contribution in [-0.4, -0.2) is 38.4 Å². The van der Waals surface area contributed by atoms with E-state index >= 15 is 0 Å². The first-order chi connectivity index (χ1) is 10.7. The molecule has 5 nitrogen and oxygen atoms in total. The van der Waals surface area contributed by atoms with E-state index in [1.54, 1.807) is 4.90 Å². The van der Waals surface area contributed by atoms with Crippen LogP contribution in [0.2, 0.25) is 0 Å². The molecular weight excluding hydrogens is 331 g/mol. The monoisotopic (exact) mass is 345 g/mol. The van der Waals surface area contributed by atoms with Crippen LogP contribution in [0.1, 0.15) is 25.5 Å². The molecule has 2 aliphatic heterocycles. The van der Waals surface area contributed by atoms with Gasteiger partial charge in [0.2, 0.25) is 11.8 Å². The zero-order chi connectivity index (χ0) is 16.8. The molecule has 2 atom stereocenters. The van der Waals surface area contributed by atoms with Crippen LogP contribution in [0.25, 0.3) is 0 Å². The first kappa shape index (κ1) is 16.1. The van der Waals surface area contributed by atoms with Crippen LogP contribution in [-0.2, 0) is 15.8 Å². The number of nitrogens with zero attached hydrogens (tertiary/aromatic N) is 2. The third kappa shape index (κ3) is 2.89. The Kier molecular flexibility index (Phi) is 3.78. The Hall–Kier alpha value is -1.77. The van der Waals surface area contributed by atoms with Crippen LogP contribution < -0.4 is 5.32 Å². The predicted octanol–water partition coefficient (Wildman–Crippen LogP) is 2.49. The molecule has 2 saturated heterocycles. The fourth-order valence-corrected chi connectivity index (χ4v) is 4.32. The minimum absolute atomic E-state index is 0.102. The number of hydrogen-bond acceptors (Lipinski definition) is 4. The summed E-state index contributed by atoms with van der Waals surface area (Å²) in [6.07, 6.45) is -3.52. The number of alkyl halides is 3. The smallest absolute Gasteiger partial charge is 0.315 e. The minimum Gasteiger partial charge on any atom is -0.315 e. The average molecular weight is 345 g/mol. The van der Waals surface area contributed by atoms with Gasteiger partial charge in [-0.2, -0.15) is 13.2 Å². The van der Waals surface area contributed by atoms with Gasteiger partial charge in [-0.05, 0) is 25.5 Å². The third-order valence-electron chi connectivity index (χ3n) is 4.04. The van der Waals surface area contributed by atoms with Crippen LogP contribution >= 0.6 is 11.8 Å². The lowest BCUT2D eigenvalue weighted by molar-refractivity contribution is -0.141. The summed E-state index contributed by atoms with van der Waals surface area (Å²) in [7, 11) is 0. The minimum atomic E-state index is -4.58. The molecule has 0 unspecified atom stereocenters. The molecule has 3 rings (SSSR count). The fourth-order valence-electron chi connectivity index (χ4n) is 2.89. The van der Waals surface area contributed by atoms with Crippen molar-refractivity contribution in [2.45, 2.75) is 36.9 Å². The number of carbonyl (C=O) groups excluding carboxylic acids is 2. The molecule has 124 valence electrons. The third-order valence-corrected chi connectivity index (χ3v) is 5.54. The van der Waals surface area contributed by atoms with Crippen molar-refractivity contribution in [1.82, 2.24) is 9.88 Å². The van der Waals surface area contributed by atoms with Crippen molar-refractivity contribution in [2.24, 2.45) is 0 Å². The number of thioether (sulfide) groups is 1. The molecule has 0 aliphatic carbocycles. The van der Waals surface area contributed by atoms with Crippen molar-refractivity contribution in [2.75, 3.05) is 11.1 Å². The quantitative estimate of drug-likeness (QED) is 0.895. The summed E-state index contributed by atoms with van der Waals surface area (Å²) in [5.41, 5.74) is -1.07. The maximum atomic E-state index is 12.7. The lowest BCUT2D eigenvalue weighted by Crippen LogP contribution is -2.48. The van der Waals surface area contributed by atoms with Gasteiger partial charge in [-0.3, -0.25) is 9.59 Å². The molecule has 2 fully saturated rings. The number of rotatable bonds is 2. The number of carbonyl (C=O) groups is 2. The van der Waals surface area contributed by atoms with Crippen LogP contribution in [0.4, 0.5) is 19.0 Å². The number of aromatic nitrogens is 1. The fraction of sp³-hybridized carbons (Fsp3) is 0.500. The molecular formula is C14H14F3N3O2S. The Morgan fingerprint density at radius 3 is 2.91 bits per heavy atom. The molecule has 23 heavy (non-hydrogen) atoms. The van der Waals surface area contributed by atoms with E-state index in [-0.39, 0.29) is 11.7 Å². The van der Waals surface area contributed by atoms with Crippen molar-refractivity contribution in [3.8, 4) is 0 Å². The number of halogens is 3.